The summed E-state index contributed by atoms with van der Waals surface area (Å²) in [5, 5.41) is 0. The second kappa shape index (κ2) is 9.13. The number of amides is 2. The van der Waals surface area contributed by atoms with Crippen LogP contribution in [0.4, 0.5) is 13.2 Å². The van der Waals surface area contributed by atoms with Crippen LogP contribution in [0.3, 0.4) is 0 Å². The van der Waals surface area contributed by atoms with E-state index in [-0.39, 0.29) is 23.4 Å². The number of hydrogen-bond acceptors (Lipinski definition) is 4. The number of ether oxygens (including phenoxy) is 1. The van der Waals surface area contributed by atoms with Crippen molar-refractivity contribution >= 4 is 11.8 Å². The van der Waals surface area contributed by atoms with E-state index in [4.69, 9.17) is 4.74 Å². The highest BCUT2D eigenvalue weighted by Crippen LogP contribution is 2.29. The molecule has 2 heterocycles. The predicted octanol–water partition coefficient (Wildman–Crippen LogP) is 2.10. The zero-order valence-corrected chi connectivity index (χ0v) is 16.5. The van der Waals surface area contributed by atoms with Gasteiger partial charge in [-0.05, 0) is 37.1 Å². The molecule has 0 unspecified atom stereocenters. The van der Waals surface area contributed by atoms with Crippen LogP contribution in [0.1, 0.15) is 28.8 Å². The number of rotatable bonds is 5. The van der Waals surface area contributed by atoms with Crippen molar-refractivity contribution < 1.29 is 27.5 Å². The first-order valence-electron chi connectivity index (χ1n) is 9.79. The Bertz CT molecular complexity index is 724. The number of alkyl halides is 3. The van der Waals surface area contributed by atoms with Crippen molar-refractivity contribution in [2.45, 2.75) is 25.1 Å². The minimum atomic E-state index is -4.42. The van der Waals surface area contributed by atoms with Crippen LogP contribution in [0.25, 0.3) is 0 Å². The Balaban J connectivity index is 1.58. The molecule has 1 atom stereocenters. The van der Waals surface area contributed by atoms with E-state index in [0.29, 0.717) is 52.3 Å². The van der Waals surface area contributed by atoms with Gasteiger partial charge in [0.15, 0.2) is 0 Å². The number of likely N-dealkylation sites (tertiary alicyclic amines) is 1. The molecule has 0 spiro atoms. The topological polar surface area (TPSA) is 53.1 Å². The lowest BCUT2D eigenvalue weighted by Crippen LogP contribution is -2.44. The van der Waals surface area contributed by atoms with Gasteiger partial charge in [0.2, 0.25) is 5.91 Å². The van der Waals surface area contributed by atoms with E-state index in [1.54, 1.807) is 12.0 Å². The van der Waals surface area contributed by atoms with Gasteiger partial charge in [-0.25, -0.2) is 0 Å². The average Bonchev–Trinajstić information content (AvgIpc) is 2.90. The molecule has 3 rings (SSSR count). The summed E-state index contributed by atoms with van der Waals surface area (Å²) in [5.74, 6) is -0.176. The van der Waals surface area contributed by atoms with Crippen LogP contribution < -0.4 is 0 Å². The van der Waals surface area contributed by atoms with Crippen molar-refractivity contribution in [2.24, 2.45) is 0 Å². The van der Waals surface area contributed by atoms with Gasteiger partial charge >= 0.3 is 6.18 Å². The van der Waals surface area contributed by atoms with E-state index >= 15 is 0 Å². The fraction of sp³-hybridized carbons (Fsp3) is 0.600. The molecule has 2 amide bonds. The summed E-state index contributed by atoms with van der Waals surface area (Å²) in [6, 6.07) is 4.14. The zero-order valence-electron chi connectivity index (χ0n) is 16.5. The summed E-state index contributed by atoms with van der Waals surface area (Å²) in [4.78, 5) is 30.9. The van der Waals surface area contributed by atoms with E-state index in [1.165, 1.54) is 12.1 Å². The highest BCUT2D eigenvalue weighted by atomic mass is 19.4. The summed E-state index contributed by atoms with van der Waals surface area (Å²) in [7, 11) is 1.61. The van der Waals surface area contributed by atoms with Crippen LogP contribution >= 0.6 is 0 Å². The predicted molar refractivity (Wildman–Crippen MR) is 100 cm³/mol. The summed E-state index contributed by atoms with van der Waals surface area (Å²) >= 11 is 0. The molecular formula is C20H26F3N3O3. The Kier molecular flexibility index (Phi) is 6.79. The quantitative estimate of drug-likeness (QED) is 0.742. The van der Waals surface area contributed by atoms with Crippen molar-refractivity contribution in [1.82, 2.24) is 14.7 Å². The number of carbonyl (C=O) groups is 2. The fourth-order valence-corrected chi connectivity index (χ4v) is 3.92. The molecule has 0 aromatic heterocycles. The number of halogens is 3. The lowest BCUT2D eigenvalue weighted by atomic mass is 10.1. The minimum Gasteiger partial charge on any atom is -0.383 e. The van der Waals surface area contributed by atoms with E-state index < -0.39 is 11.7 Å². The molecule has 29 heavy (non-hydrogen) atoms. The van der Waals surface area contributed by atoms with E-state index in [0.717, 1.165) is 18.6 Å². The highest BCUT2D eigenvalue weighted by molar-refractivity contribution is 5.94. The minimum absolute atomic E-state index is 0.101. The average molecular weight is 413 g/mol. The van der Waals surface area contributed by atoms with Gasteiger partial charge in [-0.1, -0.05) is 0 Å². The SMILES string of the molecule is COCCN1CC[C@@H](N2CCCN(C(=O)c3ccc(C(F)(F)F)cc3)CC2)C1=O. The Hall–Kier alpha value is -2.13. The highest BCUT2D eigenvalue weighted by Gasteiger charge is 2.36. The normalized spacial score (nSPS) is 21.5. The van der Waals surface area contributed by atoms with Gasteiger partial charge in [0.05, 0.1) is 18.2 Å². The molecule has 1 aromatic rings. The molecule has 0 N–H and O–H groups in total. The van der Waals surface area contributed by atoms with Gasteiger partial charge < -0.3 is 14.5 Å². The van der Waals surface area contributed by atoms with Gasteiger partial charge in [0.25, 0.3) is 5.91 Å². The third kappa shape index (κ3) is 5.08. The molecule has 0 aliphatic carbocycles. The number of benzene rings is 1. The maximum absolute atomic E-state index is 12.7. The van der Waals surface area contributed by atoms with Gasteiger partial charge in [-0.3, -0.25) is 14.5 Å². The zero-order chi connectivity index (χ0) is 21.0. The molecule has 160 valence electrons. The smallest absolute Gasteiger partial charge is 0.383 e. The molecule has 2 aliphatic heterocycles. The van der Waals surface area contributed by atoms with Gasteiger partial charge in [0, 0.05) is 51.9 Å². The van der Waals surface area contributed by atoms with Crippen molar-refractivity contribution in [3.05, 3.63) is 35.4 Å². The second-order valence-electron chi connectivity index (χ2n) is 7.38. The number of hydrogen-bond donors (Lipinski definition) is 0. The first-order chi connectivity index (χ1) is 13.8. The van der Waals surface area contributed by atoms with E-state index in [9.17, 15) is 22.8 Å². The van der Waals surface area contributed by atoms with Crippen molar-refractivity contribution in [1.29, 1.82) is 0 Å². The molecular weight excluding hydrogens is 387 g/mol. The molecule has 2 aliphatic rings. The molecule has 2 fully saturated rings. The third-order valence-electron chi connectivity index (χ3n) is 5.55. The van der Waals surface area contributed by atoms with Gasteiger partial charge in [0.1, 0.15) is 0 Å². The fourth-order valence-electron chi connectivity index (χ4n) is 3.92. The van der Waals surface area contributed by atoms with Crippen LogP contribution in [0, 0.1) is 0 Å². The second-order valence-corrected chi connectivity index (χ2v) is 7.38. The maximum atomic E-state index is 12.7. The number of nitrogens with zero attached hydrogens (tertiary/aromatic N) is 3. The molecule has 0 radical (unpaired) electrons. The van der Waals surface area contributed by atoms with E-state index in [2.05, 4.69) is 4.90 Å². The maximum Gasteiger partial charge on any atom is 0.416 e. The molecule has 2 saturated heterocycles. The number of carbonyl (C=O) groups excluding carboxylic acids is 2. The first kappa shape index (κ1) is 21.6. The number of methoxy groups -OCH3 is 1. The lowest BCUT2D eigenvalue weighted by molar-refractivity contribution is -0.137. The van der Waals surface area contributed by atoms with Gasteiger partial charge in [-0.15, -0.1) is 0 Å². The van der Waals surface area contributed by atoms with Gasteiger partial charge in [-0.2, -0.15) is 13.2 Å². The summed E-state index contributed by atoms with van der Waals surface area (Å²) in [5.41, 5.74) is -0.525. The van der Waals surface area contributed by atoms with Crippen LogP contribution in [0.15, 0.2) is 24.3 Å². The Labute approximate surface area is 168 Å². The third-order valence-corrected chi connectivity index (χ3v) is 5.55. The molecule has 9 heteroatoms. The summed E-state index contributed by atoms with van der Waals surface area (Å²) < 4.78 is 43.2. The van der Waals surface area contributed by atoms with Crippen molar-refractivity contribution in [2.75, 3.05) is 53.0 Å². The molecule has 1 aromatic carbocycles. The molecule has 6 nitrogen and oxygen atoms in total. The van der Waals surface area contributed by atoms with Crippen LogP contribution in [0.2, 0.25) is 0 Å². The molecule has 0 bridgehead atoms. The van der Waals surface area contributed by atoms with Crippen molar-refractivity contribution in [3.8, 4) is 0 Å². The van der Waals surface area contributed by atoms with E-state index in [1.807, 2.05) is 4.90 Å². The Morgan fingerprint density at radius 1 is 1.10 bits per heavy atom. The van der Waals surface area contributed by atoms with Crippen LogP contribution in [-0.2, 0) is 15.7 Å². The first-order valence-corrected chi connectivity index (χ1v) is 9.79. The molecule has 0 saturated carbocycles. The summed E-state index contributed by atoms with van der Waals surface area (Å²) in [6.07, 6.45) is -2.95. The summed E-state index contributed by atoms with van der Waals surface area (Å²) in [6.45, 7) is 4.04. The van der Waals surface area contributed by atoms with Crippen molar-refractivity contribution in [3.63, 3.8) is 0 Å². The Morgan fingerprint density at radius 2 is 1.83 bits per heavy atom. The lowest BCUT2D eigenvalue weighted by Gasteiger charge is -2.26. The monoisotopic (exact) mass is 413 g/mol. The standard InChI is InChI=1S/C20H26F3N3O3/c1-29-14-13-26-10-7-17(19(26)28)24-8-2-9-25(12-11-24)18(27)15-3-5-16(6-4-15)20(21,22)23/h3-6,17H,2,7-14H2,1H3/t17-/m1/s1. The Morgan fingerprint density at radius 3 is 2.48 bits per heavy atom. The largest absolute Gasteiger partial charge is 0.416 e. The van der Waals surface area contributed by atoms with Crippen LogP contribution in [-0.4, -0.2) is 85.5 Å². The van der Waals surface area contributed by atoms with Crippen LogP contribution in [0.5, 0.6) is 0 Å².